The Balaban J connectivity index is 3.76. The molecular formula is C11H18O4. The first kappa shape index (κ1) is 13.7. The fraction of sp³-hybridized carbons (Fsp3) is 0.636. The Hall–Kier alpha value is -1.32. The molecule has 0 saturated heterocycles. The third-order valence-electron chi connectivity index (χ3n) is 1.68. The number of esters is 2. The molecule has 0 atom stereocenters. The average Bonchev–Trinajstić information content (AvgIpc) is 2.18. The predicted octanol–water partition coefficient (Wildman–Crippen LogP) is 1.84. The highest BCUT2D eigenvalue weighted by molar-refractivity contribution is 5.93. The zero-order chi connectivity index (χ0) is 11.7. The van der Waals surface area contributed by atoms with Crippen LogP contribution in [-0.2, 0) is 19.1 Å². The Bertz CT molecular complexity index is 233. The Morgan fingerprint density at radius 2 is 1.87 bits per heavy atom. The monoisotopic (exact) mass is 214 g/mol. The summed E-state index contributed by atoms with van der Waals surface area (Å²) in [6.07, 6.45) is 1.70. The van der Waals surface area contributed by atoms with Crippen LogP contribution < -0.4 is 0 Å². The Kier molecular flexibility index (Phi) is 7.32. The summed E-state index contributed by atoms with van der Waals surface area (Å²) in [6, 6.07) is 0. The van der Waals surface area contributed by atoms with Crippen molar-refractivity contribution in [2.24, 2.45) is 0 Å². The van der Waals surface area contributed by atoms with Crippen molar-refractivity contribution in [2.75, 3.05) is 13.2 Å². The van der Waals surface area contributed by atoms with E-state index >= 15 is 0 Å². The zero-order valence-corrected chi connectivity index (χ0v) is 9.38. The lowest BCUT2D eigenvalue weighted by molar-refractivity contribution is -0.146. The SMILES string of the molecule is C=C(CC(=O)OCCCC)C(=O)OCC. The van der Waals surface area contributed by atoms with Crippen molar-refractivity contribution in [3.63, 3.8) is 0 Å². The maximum absolute atomic E-state index is 11.1. The van der Waals surface area contributed by atoms with Crippen LogP contribution in [0.25, 0.3) is 0 Å². The summed E-state index contributed by atoms with van der Waals surface area (Å²) in [6.45, 7) is 7.85. The summed E-state index contributed by atoms with van der Waals surface area (Å²) in [5.74, 6) is -0.966. The van der Waals surface area contributed by atoms with Gasteiger partial charge in [0.15, 0.2) is 0 Å². The summed E-state index contributed by atoms with van der Waals surface area (Å²) >= 11 is 0. The van der Waals surface area contributed by atoms with Crippen molar-refractivity contribution in [1.29, 1.82) is 0 Å². The molecule has 15 heavy (non-hydrogen) atoms. The molecule has 0 aliphatic heterocycles. The molecule has 0 aliphatic carbocycles. The summed E-state index contributed by atoms with van der Waals surface area (Å²) in [5.41, 5.74) is 0.137. The van der Waals surface area contributed by atoms with Gasteiger partial charge >= 0.3 is 11.9 Å². The lowest BCUT2D eigenvalue weighted by Crippen LogP contribution is -2.13. The third kappa shape index (κ3) is 6.71. The molecule has 0 aromatic heterocycles. The third-order valence-corrected chi connectivity index (χ3v) is 1.68. The fourth-order valence-electron chi connectivity index (χ4n) is 0.861. The molecule has 0 saturated carbocycles. The van der Waals surface area contributed by atoms with Gasteiger partial charge in [-0.1, -0.05) is 19.9 Å². The highest BCUT2D eigenvalue weighted by Gasteiger charge is 2.13. The number of hydrogen-bond acceptors (Lipinski definition) is 4. The molecular weight excluding hydrogens is 196 g/mol. The van der Waals surface area contributed by atoms with E-state index < -0.39 is 11.9 Å². The van der Waals surface area contributed by atoms with E-state index in [-0.39, 0.29) is 18.6 Å². The number of carbonyl (C=O) groups is 2. The average molecular weight is 214 g/mol. The van der Waals surface area contributed by atoms with E-state index in [2.05, 4.69) is 11.3 Å². The lowest BCUT2D eigenvalue weighted by Gasteiger charge is -2.05. The highest BCUT2D eigenvalue weighted by atomic mass is 16.5. The molecule has 0 aromatic carbocycles. The molecule has 0 bridgehead atoms. The number of unbranched alkanes of at least 4 members (excludes halogenated alkanes) is 1. The molecule has 86 valence electrons. The first-order valence-corrected chi connectivity index (χ1v) is 5.12. The smallest absolute Gasteiger partial charge is 0.333 e. The van der Waals surface area contributed by atoms with Crippen LogP contribution in [-0.4, -0.2) is 25.2 Å². The second-order valence-electron chi connectivity index (χ2n) is 3.07. The van der Waals surface area contributed by atoms with Crippen LogP contribution in [0.3, 0.4) is 0 Å². The normalized spacial score (nSPS) is 9.47. The van der Waals surface area contributed by atoms with Crippen LogP contribution in [0.4, 0.5) is 0 Å². The van der Waals surface area contributed by atoms with E-state index in [1.165, 1.54) is 0 Å². The van der Waals surface area contributed by atoms with Gasteiger partial charge in [-0.25, -0.2) is 4.79 Å². The summed E-state index contributed by atoms with van der Waals surface area (Å²) in [5, 5.41) is 0. The van der Waals surface area contributed by atoms with Gasteiger partial charge < -0.3 is 9.47 Å². The summed E-state index contributed by atoms with van der Waals surface area (Å²) in [4.78, 5) is 22.2. The first-order valence-electron chi connectivity index (χ1n) is 5.12. The minimum Gasteiger partial charge on any atom is -0.465 e. The zero-order valence-electron chi connectivity index (χ0n) is 9.38. The molecule has 0 rings (SSSR count). The second kappa shape index (κ2) is 8.03. The molecule has 0 aliphatic rings. The van der Waals surface area contributed by atoms with Crippen molar-refractivity contribution in [1.82, 2.24) is 0 Å². The van der Waals surface area contributed by atoms with Crippen LogP contribution in [0.1, 0.15) is 33.1 Å². The molecule has 0 heterocycles. The fourth-order valence-corrected chi connectivity index (χ4v) is 0.861. The van der Waals surface area contributed by atoms with Gasteiger partial charge in [0.05, 0.1) is 19.6 Å². The van der Waals surface area contributed by atoms with Gasteiger partial charge in [-0.05, 0) is 13.3 Å². The molecule has 0 radical (unpaired) electrons. The van der Waals surface area contributed by atoms with E-state index in [0.29, 0.717) is 6.61 Å². The summed E-state index contributed by atoms with van der Waals surface area (Å²) in [7, 11) is 0. The van der Waals surface area contributed by atoms with E-state index in [9.17, 15) is 9.59 Å². The van der Waals surface area contributed by atoms with Gasteiger partial charge in [0.2, 0.25) is 0 Å². The maximum Gasteiger partial charge on any atom is 0.333 e. The van der Waals surface area contributed by atoms with E-state index in [0.717, 1.165) is 12.8 Å². The first-order chi connectivity index (χ1) is 7.11. The van der Waals surface area contributed by atoms with Crippen molar-refractivity contribution in [3.05, 3.63) is 12.2 Å². The lowest BCUT2D eigenvalue weighted by atomic mass is 10.2. The molecule has 4 heteroatoms. The maximum atomic E-state index is 11.1. The van der Waals surface area contributed by atoms with Gasteiger partial charge in [0, 0.05) is 5.57 Å². The van der Waals surface area contributed by atoms with Crippen molar-refractivity contribution < 1.29 is 19.1 Å². The Morgan fingerprint density at radius 1 is 1.20 bits per heavy atom. The topological polar surface area (TPSA) is 52.6 Å². The van der Waals surface area contributed by atoms with Gasteiger partial charge in [-0.3, -0.25) is 4.79 Å². The standard InChI is InChI=1S/C11H18O4/c1-4-6-7-15-10(12)8-9(3)11(13)14-5-2/h3-8H2,1-2H3. The minimum absolute atomic E-state index is 0.0947. The Morgan fingerprint density at radius 3 is 2.40 bits per heavy atom. The van der Waals surface area contributed by atoms with Crippen molar-refractivity contribution in [2.45, 2.75) is 33.1 Å². The van der Waals surface area contributed by atoms with Gasteiger partial charge in [-0.15, -0.1) is 0 Å². The minimum atomic E-state index is -0.537. The number of carbonyl (C=O) groups excluding carboxylic acids is 2. The molecule has 0 spiro atoms. The number of hydrogen-bond donors (Lipinski definition) is 0. The number of rotatable bonds is 7. The van der Waals surface area contributed by atoms with Crippen LogP contribution in [0.15, 0.2) is 12.2 Å². The molecule has 0 amide bonds. The van der Waals surface area contributed by atoms with Crippen LogP contribution >= 0.6 is 0 Å². The number of ether oxygens (including phenoxy) is 2. The van der Waals surface area contributed by atoms with Crippen LogP contribution in [0.5, 0.6) is 0 Å². The van der Waals surface area contributed by atoms with Crippen LogP contribution in [0, 0.1) is 0 Å². The van der Waals surface area contributed by atoms with Gasteiger partial charge in [0.1, 0.15) is 0 Å². The van der Waals surface area contributed by atoms with E-state index in [1.54, 1.807) is 6.92 Å². The molecule has 0 fully saturated rings. The molecule has 0 aromatic rings. The molecule has 4 nitrogen and oxygen atoms in total. The van der Waals surface area contributed by atoms with Crippen molar-refractivity contribution >= 4 is 11.9 Å². The molecule has 0 unspecified atom stereocenters. The quantitative estimate of drug-likeness (QED) is 0.368. The van der Waals surface area contributed by atoms with E-state index in [1.807, 2.05) is 6.92 Å². The van der Waals surface area contributed by atoms with E-state index in [4.69, 9.17) is 4.74 Å². The van der Waals surface area contributed by atoms with Crippen molar-refractivity contribution in [3.8, 4) is 0 Å². The van der Waals surface area contributed by atoms with Gasteiger partial charge in [0.25, 0.3) is 0 Å². The van der Waals surface area contributed by atoms with Gasteiger partial charge in [-0.2, -0.15) is 0 Å². The van der Waals surface area contributed by atoms with Crippen LogP contribution in [0.2, 0.25) is 0 Å². The largest absolute Gasteiger partial charge is 0.465 e. The highest BCUT2D eigenvalue weighted by Crippen LogP contribution is 2.03. The second-order valence-corrected chi connectivity index (χ2v) is 3.07. The Labute approximate surface area is 90.2 Å². The predicted molar refractivity (Wildman–Crippen MR) is 56.3 cm³/mol. The molecule has 0 N–H and O–H groups in total. The summed E-state index contributed by atoms with van der Waals surface area (Å²) < 4.78 is 9.56.